The second-order valence-electron chi connectivity index (χ2n) is 5.04. The number of nitrogens with one attached hydrogen (secondary N) is 1. The number of hydrogen-bond donors (Lipinski definition) is 1. The van der Waals surface area contributed by atoms with E-state index in [9.17, 15) is 0 Å². The lowest BCUT2D eigenvalue weighted by Gasteiger charge is -2.22. The highest BCUT2D eigenvalue weighted by Crippen LogP contribution is 2.39. The Kier molecular flexibility index (Phi) is 4.04. The largest absolute Gasteiger partial charge is 0.496 e. The Hall–Kier alpha value is -1.71. The maximum Gasteiger partial charge on any atom is 0.127 e. The highest BCUT2D eigenvalue weighted by atomic mass is 35.5. The molecular formula is C17H18ClNO2. The lowest BCUT2D eigenvalue weighted by atomic mass is 9.95. The smallest absolute Gasteiger partial charge is 0.127 e. The fraction of sp³-hybridized carbons (Fsp3) is 0.294. The van der Waals surface area contributed by atoms with Gasteiger partial charge in [0.2, 0.25) is 0 Å². The van der Waals surface area contributed by atoms with E-state index in [4.69, 9.17) is 21.1 Å². The van der Waals surface area contributed by atoms with Crippen LogP contribution in [0.5, 0.6) is 11.5 Å². The summed E-state index contributed by atoms with van der Waals surface area (Å²) in [6.07, 6.45) is 0.970. The van der Waals surface area contributed by atoms with Crippen molar-refractivity contribution in [2.75, 3.05) is 20.8 Å². The normalized spacial score (nSPS) is 14.4. The van der Waals surface area contributed by atoms with Crippen LogP contribution < -0.4 is 14.8 Å². The van der Waals surface area contributed by atoms with E-state index in [0.29, 0.717) is 5.02 Å². The minimum absolute atomic E-state index is 0.00488. The molecule has 1 unspecified atom stereocenters. The molecule has 0 saturated heterocycles. The van der Waals surface area contributed by atoms with Crippen molar-refractivity contribution in [3.8, 4) is 11.5 Å². The van der Waals surface area contributed by atoms with Crippen LogP contribution in [0, 0.1) is 0 Å². The zero-order valence-electron chi connectivity index (χ0n) is 12.2. The summed E-state index contributed by atoms with van der Waals surface area (Å²) in [6, 6.07) is 12.0. The summed E-state index contributed by atoms with van der Waals surface area (Å²) < 4.78 is 11.3. The molecular weight excluding hydrogens is 286 g/mol. The minimum Gasteiger partial charge on any atom is -0.496 e. The van der Waals surface area contributed by atoms with Crippen LogP contribution in [0.15, 0.2) is 36.4 Å². The molecule has 21 heavy (non-hydrogen) atoms. The second kappa shape index (κ2) is 5.96. The van der Waals surface area contributed by atoms with Crippen molar-refractivity contribution in [3.05, 3.63) is 58.1 Å². The molecule has 1 heterocycles. The highest BCUT2D eigenvalue weighted by Gasteiger charge is 2.24. The Balaban J connectivity index is 2.09. The Morgan fingerprint density at radius 2 is 2.10 bits per heavy atom. The Morgan fingerprint density at radius 1 is 1.24 bits per heavy atom. The molecule has 0 bridgehead atoms. The van der Waals surface area contributed by atoms with E-state index in [1.54, 1.807) is 7.11 Å². The third-order valence-corrected chi connectivity index (χ3v) is 4.09. The first-order chi connectivity index (χ1) is 10.2. The molecule has 1 atom stereocenters. The van der Waals surface area contributed by atoms with Crippen molar-refractivity contribution in [3.63, 3.8) is 0 Å². The van der Waals surface area contributed by atoms with Crippen LogP contribution in [0.4, 0.5) is 0 Å². The number of fused-ring (bicyclic) bond motifs is 1. The molecule has 0 aromatic heterocycles. The van der Waals surface area contributed by atoms with Gasteiger partial charge in [0.1, 0.15) is 11.5 Å². The second-order valence-corrected chi connectivity index (χ2v) is 5.48. The van der Waals surface area contributed by atoms with Gasteiger partial charge in [0.15, 0.2) is 0 Å². The highest BCUT2D eigenvalue weighted by molar-refractivity contribution is 6.30. The standard InChI is InChI=1S/C17H18ClNO2/c1-19-16(13-7-6-12(18)10-15(13)20-2)14-5-3-4-11-8-9-21-17(11)14/h3-7,10,16,19H,8-9H2,1-2H3. The van der Waals surface area contributed by atoms with Gasteiger partial charge in [-0.3, -0.25) is 0 Å². The summed E-state index contributed by atoms with van der Waals surface area (Å²) in [7, 11) is 3.60. The first-order valence-corrected chi connectivity index (χ1v) is 7.37. The van der Waals surface area contributed by atoms with Crippen LogP contribution in [0.2, 0.25) is 5.02 Å². The monoisotopic (exact) mass is 303 g/mol. The number of ether oxygens (including phenoxy) is 2. The van der Waals surface area contributed by atoms with Crippen molar-refractivity contribution < 1.29 is 9.47 Å². The van der Waals surface area contributed by atoms with E-state index in [1.807, 2.05) is 25.2 Å². The summed E-state index contributed by atoms with van der Waals surface area (Å²) in [5.74, 6) is 1.77. The molecule has 110 valence electrons. The average Bonchev–Trinajstić information content (AvgIpc) is 2.98. The fourth-order valence-corrected chi connectivity index (χ4v) is 3.03. The number of hydrogen-bond acceptors (Lipinski definition) is 3. The van der Waals surface area contributed by atoms with Gasteiger partial charge in [-0.2, -0.15) is 0 Å². The zero-order chi connectivity index (χ0) is 14.8. The molecule has 1 N–H and O–H groups in total. The zero-order valence-corrected chi connectivity index (χ0v) is 12.9. The van der Waals surface area contributed by atoms with Crippen LogP contribution in [-0.4, -0.2) is 20.8 Å². The fourth-order valence-electron chi connectivity index (χ4n) is 2.87. The van der Waals surface area contributed by atoms with Crippen molar-refractivity contribution in [1.82, 2.24) is 5.32 Å². The van der Waals surface area contributed by atoms with Gasteiger partial charge in [0.25, 0.3) is 0 Å². The molecule has 0 saturated carbocycles. The molecule has 0 fully saturated rings. The van der Waals surface area contributed by atoms with E-state index in [0.717, 1.165) is 35.7 Å². The first-order valence-electron chi connectivity index (χ1n) is 7.00. The average molecular weight is 304 g/mol. The molecule has 0 amide bonds. The van der Waals surface area contributed by atoms with Crippen LogP contribution in [-0.2, 0) is 6.42 Å². The summed E-state index contributed by atoms with van der Waals surface area (Å²) in [5, 5.41) is 4.02. The summed E-state index contributed by atoms with van der Waals surface area (Å²) in [4.78, 5) is 0. The van der Waals surface area contributed by atoms with Gasteiger partial charge in [-0.25, -0.2) is 0 Å². The van der Waals surface area contributed by atoms with E-state index < -0.39 is 0 Å². The van der Waals surface area contributed by atoms with Crippen LogP contribution in [0.1, 0.15) is 22.7 Å². The van der Waals surface area contributed by atoms with Gasteiger partial charge in [-0.1, -0.05) is 35.9 Å². The van der Waals surface area contributed by atoms with Crippen molar-refractivity contribution in [2.24, 2.45) is 0 Å². The third-order valence-electron chi connectivity index (χ3n) is 3.85. The van der Waals surface area contributed by atoms with Gasteiger partial charge >= 0.3 is 0 Å². The molecule has 2 aromatic carbocycles. The predicted molar refractivity (Wildman–Crippen MR) is 84.5 cm³/mol. The minimum atomic E-state index is 0.00488. The molecule has 3 rings (SSSR count). The SMILES string of the molecule is CNC(c1ccc(Cl)cc1OC)c1cccc2c1OCC2. The van der Waals surface area contributed by atoms with Crippen molar-refractivity contribution >= 4 is 11.6 Å². The Morgan fingerprint density at radius 3 is 2.86 bits per heavy atom. The number of halogens is 1. The summed E-state index contributed by atoms with van der Waals surface area (Å²) in [5.41, 5.74) is 3.45. The topological polar surface area (TPSA) is 30.5 Å². The molecule has 0 spiro atoms. The Bertz CT molecular complexity index is 657. The lowest BCUT2D eigenvalue weighted by Crippen LogP contribution is -2.19. The molecule has 1 aliphatic rings. The van der Waals surface area contributed by atoms with Gasteiger partial charge in [-0.05, 0) is 24.7 Å². The van der Waals surface area contributed by atoms with Gasteiger partial charge in [0, 0.05) is 22.6 Å². The number of benzene rings is 2. The number of methoxy groups -OCH3 is 1. The van der Waals surface area contributed by atoms with Gasteiger partial charge in [-0.15, -0.1) is 0 Å². The van der Waals surface area contributed by atoms with E-state index in [1.165, 1.54) is 5.56 Å². The molecule has 0 radical (unpaired) electrons. The first kappa shape index (κ1) is 14.2. The third kappa shape index (κ3) is 2.59. The maximum absolute atomic E-state index is 6.06. The molecule has 3 nitrogen and oxygen atoms in total. The molecule has 4 heteroatoms. The van der Waals surface area contributed by atoms with E-state index >= 15 is 0 Å². The Labute approximate surface area is 129 Å². The van der Waals surface area contributed by atoms with Gasteiger partial charge in [0.05, 0.1) is 19.8 Å². The van der Waals surface area contributed by atoms with Crippen molar-refractivity contribution in [2.45, 2.75) is 12.5 Å². The van der Waals surface area contributed by atoms with Gasteiger partial charge < -0.3 is 14.8 Å². The predicted octanol–water partition coefficient (Wildman–Crippen LogP) is 3.59. The maximum atomic E-state index is 6.06. The van der Waals surface area contributed by atoms with Crippen LogP contribution in [0.3, 0.4) is 0 Å². The summed E-state index contributed by atoms with van der Waals surface area (Å²) >= 11 is 6.06. The number of para-hydroxylation sites is 1. The van der Waals surface area contributed by atoms with Crippen LogP contribution >= 0.6 is 11.6 Å². The van der Waals surface area contributed by atoms with Crippen LogP contribution in [0.25, 0.3) is 0 Å². The lowest BCUT2D eigenvalue weighted by molar-refractivity contribution is 0.350. The van der Waals surface area contributed by atoms with E-state index in [-0.39, 0.29) is 6.04 Å². The number of rotatable bonds is 4. The van der Waals surface area contributed by atoms with Crippen molar-refractivity contribution in [1.29, 1.82) is 0 Å². The quantitative estimate of drug-likeness (QED) is 0.936. The molecule has 2 aromatic rings. The van der Waals surface area contributed by atoms with E-state index in [2.05, 4.69) is 23.5 Å². The molecule has 0 aliphatic carbocycles. The molecule has 1 aliphatic heterocycles. The summed E-state index contributed by atoms with van der Waals surface area (Å²) in [6.45, 7) is 0.751.